The Morgan fingerprint density at radius 2 is 2.00 bits per heavy atom. The molecule has 9 heteroatoms. The van der Waals surface area contributed by atoms with Gasteiger partial charge in [0.1, 0.15) is 4.90 Å². The average Bonchev–Trinajstić information content (AvgIpc) is 3.06. The van der Waals surface area contributed by atoms with Crippen LogP contribution in [-0.2, 0) is 21.2 Å². The largest absolute Gasteiger partial charge is 0.302 e. The number of fused-ring (bicyclic) bond motifs is 1. The number of thiazole rings is 1. The number of nitrogens with one attached hydrogen (secondary N) is 1. The van der Waals surface area contributed by atoms with Gasteiger partial charge < -0.3 is 5.32 Å². The quantitative estimate of drug-likeness (QED) is 0.601. The van der Waals surface area contributed by atoms with E-state index in [1.54, 1.807) is 18.2 Å². The molecule has 0 radical (unpaired) electrons. The molecule has 2 heterocycles. The van der Waals surface area contributed by atoms with Crippen molar-refractivity contribution in [1.82, 2.24) is 4.98 Å². The van der Waals surface area contributed by atoms with Crippen LogP contribution in [-0.4, -0.2) is 25.9 Å². The van der Waals surface area contributed by atoms with Gasteiger partial charge in [-0.1, -0.05) is 41.1 Å². The first-order chi connectivity index (χ1) is 14.3. The Bertz CT molecular complexity index is 1240. The zero-order chi connectivity index (χ0) is 21.5. The molecule has 0 bridgehead atoms. The smallest absolute Gasteiger partial charge is 0.265 e. The molecule has 0 saturated carbocycles. The van der Waals surface area contributed by atoms with Gasteiger partial charge in [-0.2, -0.15) is 0 Å². The summed E-state index contributed by atoms with van der Waals surface area (Å²) in [4.78, 5) is 16.8. The number of aromatic nitrogens is 1. The van der Waals surface area contributed by atoms with E-state index in [0.29, 0.717) is 17.4 Å². The van der Waals surface area contributed by atoms with Crippen molar-refractivity contribution in [1.29, 1.82) is 0 Å². The molecular formula is C21H20ClN3O3S2. The third kappa shape index (κ3) is 3.82. The standard InChI is InChI=1S/C21H20ClN3O3S2/c1-13-20(29-21(23-13)24-14(2)26)16-9-10-18-15(12-16)6-5-11-25(18)30(27,28)19-8-4-3-7-17(19)22/h3-4,7-10,12H,5-6,11H2,1-2H3,(H,23,24,26). The van der Waals surface area contributed by atoms with E-state index in [1.807, 2.05) is 25.1 Å². The second-order valence-corrected chi connectivity index (χ2v) is 10.3. The molecule has 1 aromatic heterocycles. The van der Waals surface area contributed by atoms with Gasteiger partial charge in [-0.15, -0.1) is 0 Å². The third-order valence-electron chi connectivity index (χ3n) is 4.90. The molecule has 1 amide bonds. The minimum Gasteiger partial charge on any atom is -0.302 e. The monoisotopic (exact) mass is 461 g/mol. The molecule has 1 aliphatic rings. The van der Waals surface area contributed by atoms with Crippen LogP contribution in [0.3, 0.4) is 0 Å². The maximum atomic E-state index is 13.3. The lowest BCUT2D eigenvalue weighted by Gasteiger charge is -2.31. The van der Waals surface area contributed by atoms with Crippen LogP contribution in [0.2, 0.25) is 5.02 Å². The highest BCUT2D eigenvalue weighted by Gasteiger charge is 2.30. The number of carbonyl (C=O) groups excluding carboxylic acids is 1. The second kappa shape index (κ2) is 8.02. The summed E-state index contributed by atoms with van der Waals surface area (Å²) in [6.07, 6.45) is 1.51. The summed E-state index contributed by atoms with van der Waals surface area (Å²) >= 11 is 7.58. The van der Waals surface area contributed by atoms with Crippen molar-refractivity contribution in [3.63, 3.8) is 0 Å². The van der Waals surface area contributed by atoms with Crippen LogP contribution in [0.4, 0.5) is 10.8 Å². The zero-order valence-corrected chi connectivity index (χ0v) is 18.9. The van der Waals surface area contributed by atoms with Crippen LogP contribution < -0.4 is 9.62 Å². The van der Waals surface area contributed by atoms with Gasteiger partial charge in [0.15, 0.2) is 5.13 Å². The van der Waals surface area contributed by atoms with E-state index < -0.39 is 10.0 Å². The minimum atomic E-state index is -3.76. The van der Waals surface area contributed by atoms with Crippen molar-refractivity contribution in [2.45, 2.75) is 31.6 Å². The van der Waals surface area contributed by atoms with Crippen LogP contribution in [0.5, 0.6) is 0 Å². The van der Waals surface area contributed by atoms with E-state index >= 15 is 0 Å². The van der Waals surface area contributed by atoms with Gasteiger partial charge in [0.2, 0.25) is 5.91 Å². The SMILES string of the molecule is CC(=O)Nc1nc(C)c(-c2ccc3c(c2)CCCN3S(=O)(=O)c2ccccc2Cl)s1. The molecule has 0 saturated heterocycles. The molecular weight excluding hydrogens is 442 g/mol. The van der Waals surface area contributed by atoms with Crippen LogP contribution >= 0.6 is 22.9 Å². The second-order valence-electron chi connectivity index (χ2n) is 7.07. The fourth-order valence-electron chi connectivity index (χ4n) is 3.59. The Balaban J connectivity index is 1.73. The molecule has 1 N–H and O–H groups in total. The van der Waals surface area contributed by atoms with E-state index in [-0.39, 0.29) is 15.8 Å². The molecule has 0 fully saturated rings. The van der Waals surface area contributed by atoms with Crippen LogP contribution in [0.15, 0.2) is 47.4 Å². The van der Waals surface area contributed by atoms with Gasteiger partial charge in [0.25, 0.3) is 10.0 Å². The van der Waals surface area contributed by atoms with E-state index in [0.717, 1.165) is 34.5 Å². The first-order valence-corrected chi connectivity index (χ1v) is 12.1. The predicted octanol–water partition coefficient (Wildman–Crippen LogP) is 4.87. The minimum absolute atomic E-state index is 0.113. The van der Waals surface area contributed by atoms with Crippen molar-refractivity contribution in [3.8, 4) is 10.4 Å². The maximum Gasteiger partial charge on any atom is 0.265 e. The first kappa shape index (κ1) is 20.8. The van der Waals surface area contributed by atoms with Gasteiger partial charge in [-0.05, 0) is 55.2 Å². The summed E-state index contributed by atoms with van der Waals surface area (Å²) in [7, 11) is -3.76. The zero-order valence-electron chi connectivity index (χ0n) is 16.5. The highest BCUT2D eigenvalue weighted by atomic mass is 35.5. The number of hydrogen-bond donors (Lipinski definition) is 1. The fraction of sp³-hybridized carbons (Fsp3) is 0.238. The number of carbonyl (C=O) groups is 1. The number of aryl methyl sites for hydroxylation is 2. The molecule has 156 valence electrons. The number of sulfonamides is 1. The van der Waals surface area contributed by atoms with Gasteiger partial charge in [0, 0.05) is 13.5 Å². The molecule has 1 aliphatic heterocycles. The van der Waals surface area contributed by atoms with E-state index in [9.17, 15) is 13.2 Å². The number of rotatable bonds is 4. The molecule has 0 atom stereocenters. The molecule has 0 aliphatic carbocycles. The van der Waals surface area contributed by atoms with Gasteiger partial charge in [-0.3, -0.25) is 9.10 Å². The summed E-state index contributed by atoms with van der Waals surface area (Å²) in [6, 6.07) is 12.3. The summed E-state index contributed by atoms with van der Waals surface area (Å²) in [6.45, 7) is 3.75. The Morgan fingerprint density at radius 3 is 2.73 bits per heavy atom. The maximum absolute atomic E-state index is 13.3. The van der Waals surface area contributed by atoms with Crippen molar-refractivity contribution in [2.75, 3.05) is 16.2 Å². The molecule has 6 nitrogen and oxygen atoms in total. The van der Waals surface area contributed by atoms with Gasteiger partial charge in [0.05, 0.1) is 21.3 Å². The summed E-state index contributed by atoms with van der Waals surface area (Å²) < 4.78 is 28.0. The third-order valence-corrected chi connectivity index (χ3v) is 8.34. The highest BCUT2D eigenvalue weighted by Crippen LogP contribution is 2.39. The topological polar surface area (TPSA) is 79.4 Å². The van der Waals surface area contributed by atoms with Gasteiger partial charge >= 0.3 is 0 Å². The Kier molecular flexibility index (Phi) is 5.57. The van der Waals surface area contributed by atoms with Crippen molar-refractivity contribution < 1.29 is 13.2 Å². The van der Waals surface area contributed by atoms with E-state index in [4.69, 9.17) is 11.6 Å². The molecule has 3 aromatic rings. The lowest BCUT2D eigenvalue weighted by molar-refractivity contribution is -0.114. The van der Waals surface area contributed by atoms with Crippen LogP contribution in [0.25, 0.3) is 10.4 Å². The Hall–Kier alpha value is -2.42. The van der Waals surface area contributed by atoms with Crippen molar-refractivity contribution in [3.05, 3.63) is 58.7 Å². The number of hydrogen-bond acceptors (Lipinski definition) is 5. The van der Waals surface area contributed by atoms with Crippen LogP contribution in [0.1, 0.15) is 24.6 Å². The number of benzene rings is 2. The Labute approximate surface area is 184 Å². The lowest BCUT2D eigenvalue weighted by Crippen LogP contribution is -2.35. The summed E-state index contributed by atoms with van der Waals surface area (Å²) in [5.74, 6) is -0.166. The normalized spacial score (nSPS) is 13.8. The number of nitrogens with zero attached hydrogens (tertiary/aromatic N) is 2. The van der Waals surface area contributed by atoms with Gasteiger partial charge in [-0.25, -0.2) is 13.4 Å². The Morgan fingerprint density at radius 1 is 1.23 bits per heavy atom. The summed E-state index contributed by atoms with van der Waals surface area (Å²) in [5.41, 5.74) is 3.41. The lowest BCUT2D eigenvalue weighted by atomic mass is 10.00. The van der Waals surface area contributed by atoms with E-state index in [2.05, 4.69) is 10.3 Å². The number of halogens is 1. The number of anilines is 2. The van der Waals surface area contributed by atoms with Crippen LogP contribution in [0, 0.1) is 6.92 Å². The van der Waals surface area contributed by atoms with Crippen molar-refractivity contribution >= 4 is 49.7 Å². The first-order valence-electron chi connectivity index (χ1n) is 9.43. The highest BCUT2D eigenvalue weighted by molar-refractivity contribution is 7.93. The molecule has 0 spiro atoms. The average molecular weight is 462 g/mol. The predicted molar refractivity (Wildman–Crippen MR) is 121 cm³/mol. The molecule has 0 unspecified atom stereocenters. The fourth-order valence-corrected chi connectivity index (χ4v) is 6.64. The summed E-state index contributed by atoms with van der Waals surface area (Å²) in [5, 5.41) is 3.48. The van der Waals surface area contributed by atoms with Crippen molar-refractivity contribution in [2.24, 2.45) is 0 Å². The molecule has 4 rings (SSSR count). The van der Waals surface area contributed by atoms with E-state index in [1.165, 1.54) is 28.6 Å². The molecule has 30 heavy (non-hydrogen) atoms. The number of amides is 1. The molecule has 2 aromatic carbocycles.